The molecule has 6 heteroatoms. The van der Waals surface area contributed by atoms with Crippen molar-refractivity contribution in [1.82, 2.24) is 4.72 Å². The lowest BCUT2D eigenvalue weighted by atomic mass is 9.81. The molecule has 0 aliphatic carbocycles. The van der Waals surface area contributed by atoms with E-state index in [0.29, 0.717) is 23.5 Å². The highest BCUT2D eigenvalue weighted by atomic mass is 79.9. The molecule has 0 aliphatic heterocycles. The van der Waals surface area contributed by atoms with Crippen molar-refractivity contribution in [2.75, 3.05) is 6.54 Å². The molecule has 0 fully saturated rings. The first kappa shape index (κ1) is 17.6. The third-order valence-electron chi connectivity index (χ3n) is 3.80. The molecule has 0 aromatic heterocycles. The number of hydrogen-bond acceptors (Lipinski definition) is 3. The maximum Gasteiger partial charge on any atom is 0.241 e. The summed E-state index contributed by atoms with van der Waals surface area (Å²) in [4.78, 5) is 0.245. The van der Waals surface area contributed by atoms with Crippen molar-refractivity contribution in [3.8, 4) is 0 Å². The fraction of sp³-hybridized carbons (Fsp3) is 0.571. The van der Waals surface area contributed by atoms with Crippen LogP contribution in [0.4, 0.5) is 0 Å². The largest absolute Gasteiger partial charge is 0.326 e. The summed E-state index contributed by atoms with van der Waals surface area (Å²) in [6, 6.07) is 5.05. The van der Waals surface area contributed by atoms with Crippen LogP contribution >= 0.6 is 15.9 Å². The molecular formula is C14H23BrN2O2S. The summed E-state index contributed by atoms with van der Waals surface area (Å²) >= 11 is 3.30. The molecule has 0 spiro atoms. The smallest absolute Gasteiger partial charge is 0.241 e. The second-order valence-electron chi connectivity index (χ2n) is 5.94. The Morgan fingerprint density at radius 3 is 2.40 bits per heavy atom. The van der Waals surface area contributed by atoms with Crippen molar-refractivity contribution in [1.29, 1.82) is 0 Å². The fourth-order valence-corrected chi connectivity index (χ4v) is 3.80. The van der Waals surface area contributed by atoms with Crippen molar-refractivity contribution in [3.63, 3.8) is 0 Å². The van der Waals surface area contributed by atoms with Crippen LogP contribution in [-0.4, -0.2) is 15.0 Å². The van der Waals surface area contributed by atoms with E-state index in [9.17, 15) is 8.42 Å². The van der Waals surface area contributed by atoms with E-state index in [1.807, 2.05) is 13.8 Å². The second-order valence-corrected chi connectivity index (χ2v) is 8.53. The number of nitrogens with one attached hydrogen (secondary N) is 1. The van der Waals surface area contributed by atoms with Gasteiger partial charge in [0, 0.05) is 17.6 Å². The Labute approximate surface area is 130 Å². The van der Waals surface area contributed by atoms with Gasteiger partial charge < -0.3 is 5.73 Å². The highest BCUT2D eigenvalue weighted by Gasteiger charge is 2.26. The Balaban J connectivity index is 2.95. The topological polar surface area (TPSA) is 72.2 Å². The molecule has 1 rings (SSSR count). The van der Waals surface area contributed by atoms with Crippen molar-refractivity contribution < 1.29 is 8.42 Å². The average molecular weight is 363 g/mol. The molecule has 3 N–H and O–H groups in total. The van der Waals surface area contributed by atoms with Crippen LogP contribution < -0.4 is 10.5 Å². The number of hydrogen-bond donors (Lipinski definition) is 2. The van der Waals surface area contributed by atoms with Gasteiger partial charge in [0.15, 0.2) is 0 Å². The summed E-state index contributed by atoms with van der Waals surface area (Å²) < 4.78 is 27.9. The highest BCUT2D eigenvalue weighted by Crippen LogP contribution is 2.27. The molecule has 1 aromatic carbocycles. The van der Waals surface area contributed by atoms with Crippen molar-refractivity contribution in [3.05, 3.63) is 28.2 Å². The molecule has 0 bridgehead atoms. The summed E-state index contributed by atoms with van der Waals surface area (Å²) in [5, 5.41) is 0. The molecule has 0 amide bonds. The van der Waals surface area contributed by atoms with E-state index in [1.165, 1.54) is 0 Å². The molecule has 20 heavy (non-hydrogen) atoms. The van der Waals surface area contributed by atoms with Crippen LogP contribution in [0.1, 0.15) is 33.3 Å². The normalized spacial score (nSPS) is 12.9. The third-order valence-corrected chi connectivity index (χ3v) is 6.18. The number of nitrogens with two attached hydrogens (primary N) is 1. The van der Waals surface area contributed by atoms with Gasteiger partial charge in [-0.05, 0) is 45.0 Å². The number of rotatable bonds is 6. The molecule has 0 heterocycles. The van der Waals surface area contributed by atoms with Crippen LogP contribution in [0.15, 0.2) is 27.6 Å². The number of halogens is 1. The number of sulfonamides is 1. The van der Waals surface area contributed by atoms with Gasteiger partial charge in [-0.25, -0.2) is 13.1 Å². The lowest BCUT2D eigenvalue weighted by Crippen LogP contribution is -2.37. The first-order chi connectivity index (χ1) is 9.10. The standard InChI is InChI=1S/C14H23BrN2O2S/c1-10(2)14(3,4)9-17-20(18,19)13-6-5-11(8-16)7-12(13)15/h5-7,10,17H,8-9,16H2,1-4H3. The van der Waals surface area contributed by atoms with Gasteiger partial charge in [-0.1, -0.05) is 33.8 Å². The minimum absolute atomic E-state index is 0.100. The van der Waals surface area contributed by atoms with Gasteiger partial charge in [0.25, 0.3) is 0 Å². The summed E-state index contributed by atoms with van der Waals surface area (Å²) in [5.74, 6) is 0.383. The van der Waals surface area contributed by atoms with E-state index < -0.39 is 10.0 Å². The van der Waals surface area contributed by atoms with Gasteiger partial charge in [0.2, 0.25) is 10.0 Å². The van der Waals surface area contributed by atoms with Gasteiger partial charge in [-0.2, -0.15) is 0 Å². The zero-order valence-corrected chi connectivity index (χ0v) is 14.8. The van der Waals surface area contributed by atoms with Crippen molar-refractivity contribution in [2.24, 2.45) is 17.1 Å². The summed E-state index contributed by atoms with van der Waals surface area (Å²) in [7, 11) is -3.52. The molecule has 1 aromatic rings. The van der Waals surface area contributed by atoms with E-state index in [2.05, 4.69) is 34.5 Å². The molecule has 0 saturated carbocycles. The third kappa shape index (κ3) is 4.28. The maximum atomic E-state index is 12.3. The Kier molecular flexibility index (Phi) is 5.78. The quantitative estimate of drug-likeness (QED) is 0.816. The van der Waals surface area contributed by atoms with Crippen molar-refractivity contribution >= 4 is 26.0 Å². The summed E-state index contributed by atoms with van der Waals surface area (Å²) in [5.41, 5.74) is 6.33. The van der Waals surface area contributed by atoms with Gasteiger partial charge in [0.05, 0.1) is 4.90 Å². The fourth-order valence-electron chi connectivity index (χ4n) is 1.45. The summed E-state index contributed by atoms with van der Waals surface area (Å²) in [6.07, 6.45) is 0. The summed E-state index contributed by atoms with van der Waals surface area (Å²) in [6.45, 7) is 9.05. The molecule has 0 atom stereocenters. The lowest BCUT2D eigenvalue weighted by Gasteiger charge is -2.29. The Morgan fingerprint density at radius 1 is 1.35 bits per heavy atom. The van der Waals surface area contributed by atoms with E-state index in [4.69, 9.17) is 5.73 Å². The monoisotopic (exact) mass is 362 g/mol. The van der Waals surface area contributed by atoms with E-state index >= 15 is 0 Å². The molecule has 0 unspecified atom stereocenters. The first-order valence-corrected chi connectivity index (χ1v) is 8.86. The molecular weight excluding hydrogens is 340 g/mol. The van der Waals surface area contributed by atoms with Crippen LogP contribution in [-0.2, 0) is 16.6 Å². The first-order valence-electron chi connectivity index (χ1n) is 6.58. The Bertz CT molecular complexity index is 569. The molecule has 4 nitrogen and oxygen atoms in total. The molecule has 0 saturated heterocycles. The van der Waals surface area contributed by atoms with Gasteiger partial charge in [-0.3, -0.25) is 0 Å². The van der Waals surface area contributed by atoms with Gasteiger partial charge in [0.1, 0.15) is 0 Å². The Morgan fingerprint density at radius 2 is 1.95 bits per heavy atom. The van der Waals surface area contributed by atoms with E-state index in [-0.39, 0.29) is 10.3 Å². The van der Waals surface area contributed by atoms with Crippen LogP contribution in [0.5, 0.6) is 0 Å². The van der Waals surface area contributed by atoms with Gasteiger partial charge in [-0.15, -0.1) is 0 Å². The molecule has 114 valence electrons. The predicted octanol–water partition coefficient (Wildman–Crippen LogP) is 2.87. The minimum Gasteiger partial charge on any atom is -0.326 e. The zero-order chi connectivity index (χ0) is 15.6. The SMILES string of the molecule is CC(C)C(C)(C)CNS(=O)(=O)c1ccc(CN)cc1Br. The second kappa shape index (κ2) is 6.56. The van der Waals surface area contributed by atoms with Crippen LogP contribution in [0.2, 0.25) is 0 Å². The molecule has 0 radical (unpaired) electrons. The maximum absolute atomic E-state index is 12.3. The molecule has 0 aliphatic rings. The van der Waals surface area contributed by atoms with Gasteiger partial charge >= 0.3 is 0 Å². The van der Waals surface area contributed by atoms with Crippen LogP contribution in [0, 0.1) is 11.3 Å². The highest BCUT2D eigenvalue weighted by molar-refractivity contribution is 9.10. The zero-order valence-electron chi connectivity index (χ0n) is 12.4. The Hall–Kier alpha value is -0.430. The van der Waals surface area contributed by atoms with E-state index in [1.54, 1.807) is 18.2 Å². The van der Waals surface area contributed by atoms with Crippen molar-refractivity contribution in [2.45, 2.75) is 39.1 Å². The number of benzene rings is 1. The van der Waals surface area contributed by atoms with E-state index in [0.717, 1.165) is 5.56 Å². The minimum atomic E-state index is -3.52. The lowest BCUT2D eigenvalue weighted by molar-refractivity contribution is 0.252. The predicted molar refractivity (Wildman–Crippen MR) is 85.8 cm³/mol. The average Bonchev–Trinajstić information content (AvgIpc) is 2.36. The van der Waals surface area contributed by atoms with Crippen LogP contribution in [0.25, 0.3) is 0 Å². The van der Waals surface area contributed by atoms with Crippen LogP contribution in [0.3, 0.4) is 0 Å².